The van der Waals surface area contributed by atoms with E-state index >= 15 is 0 Å². The zero-order chi connectivity index (χ0) is 11.9. The van der Waals surface area contributed by atoms with E-state index in [-0.39, 0.29) is 6.73 Å². The molecule has 0 unspecified atom stereocenters. The van der Waals surface area contributed by atoms with E-state index in [4.69, 9.17) is 18.9 Å². The van der Waals surface area contributed by atoms with Crippen molar-refractivity contribution in [1.82, 2.24) is 0 Å². The molecular weight excluding hydrogens is 214 g/mol. The van der Waals surface area contributed by atoms with Gasteiger partial charge in [-0.15, -0.1) is 4.91 Å². The molecule has 0 amide bonds. The van der Waals surface area contributed by atoms with Crippen LogP contribution in [-0.4, -0.2) is 53.0 Å². The molecule has 0 spiro atoms. The highest BCUT2D eigenvalue weighted by Crippen LogP contribution is 1.84. The number of hydrogen-bond acceptors (Lipinski definition) is 6. The van der Waals surface area contributed by atoms with E-state index in [1.807, 2.05) is 0 Å². The molecule has 0 bridgehead atoms. The Kier molecular flexibility index (Phi) is 13.9. The molecule has 0 rings (SSSR count). The lowest BCUT2D eigenvalue weighted by Crippen LogP contribution is -2.12. The highest BCUT2D eigenvalue weighted by atomic mass is 16.6. The minimum Gasteiger partial charge on any atom is -0.379 e. The quantitative estimate of drug-likeness (QED) is 0.354. The van der Waals surface area contributed by atoms with E-state index in [0.717, 1.165) is 13.0 Å². The molecule has 0 aliphatic carbocycles. The van der Waals surface area contributed by atoms with Crippen LogP contribution in [0, 0.1) is 4.91 Å². The maximum Gasteiger partial charge on any atom is 0.179 e. The Morgan fingerprint density at radius 2 is 1.19 bits per heavy atom. The Hall–Kier alpha value is -0.560. The van der Waals surface area contributed by atoms with Crippen molar-refractivity contribution in [2.75, 3.05) is 53.0 Å². The number of rotatable bonds is 13. The van der Waals surface area contributed by atoms with Crippen molar-refractivity contribution in [3.63, 3.8) is 0 Å². The first-order chi connectivity index (χ1) is 7.91. The summed E-state index contributed by atoms with van der Waals surface area (Å²) in [7, 11) is 0. The normalized spacial score (nSPS) is 10.6. The highest BCUT2D eigenvalue weighted by Gasteiger charge is 1.91. The summed E-state index contributed by atoms with van der Waals surface area (Å²) >= 11 is 0. The van der Waals surface area contributed by atoms with Crippen LogP contribution in [0.25, 0.3) is 0 Å². The number of ether oxygens (including phenoxy) is 4. The molecule has 96 valence electrons. The van der Waals surface area contributed by atoms with Gasteiger partial charge in [0.25, 0.3) is 0 Å². The van der Waals surface area contributed by atoms with Crippen molar-refractivity contribution in [2.45, 2.75) is 13.3 Å². The average Bonchev–Trinajstić information content (AvgIpc) is 2.31. The Morgan fingerprint density at radius 3 is 1.62 bits per heavy atom. The number of nitrogens with zero attached hydrogens (tertiary/aromatic N) is 1. The van der Waals surface area contributed by atoms with Gasteiger partial charge in [0, 0.05) is 6.61 Å². The molecule has 6 nitrogen and oxygen atoms in total. The summed E-state index contributed by atoms with van der Waals surface area (Å²) in [6.45, 7) is 5.84. The molecule has 0 aliphatic heterocycles. The molecule has 6 heteroatoms. The topological polar surface area (TPSA) is 66.3 Å². The molecule has 0 radical (unpaired) electrons. The molecule has 0 aromatic rings. The third-order valence-corrected chi connectivity index (χ3v) is 1.61. The van der Waals surface area contributed by atoms with Crippen LogP contribution < -0.4 is 0 Å². The fraction of sp³-hybridized carbons (Fsp3) is 1.00. The van der Waals surface area contributed by atoms with E-state index in [1.54, 1.807) is 0 Å². The standard InChI is InChI=1S/C10H21NO5/c1-2-3-13-4-5-14-6-7-15-8-9-16-10-11-12/h2-10H2,1H3. The molecule has 0 saturated heterocycles. The maximum absolute atomic E-state index is 9.64. The summed E-state index contributed by atoms with van der Waals surface area (Å²) in [4.78, 5) is 9.64. The molecule has 0 N–H and O–H groups in total. The zero-order valence-corrected chi connectivity index (χ0v) is 9.85. The van der Waals surface area contributed by atoms with Gasteiger partial charge in [0.2, 0.25) is 0 Å². The maximum atomic E-state index is 9.64. The van der Waals surface area contributed by atoms with Crippen LogP contribution in [0.4, 0.5) is 0 Å². The molecule has 0 atom stereocenters. The van der Waals surface area contributed by atoms with Crippen molar-refractivity contribution >= 4 is 0 Å². The SMILES string of the molecule is CCCOCCOCCOCCOCN=O. The van der Waals surface area contributed by atoms with Crippen molar-refractivity contribution in [2.24, 2.45) is 5.18 Å². The first-order valence-electron chi connectivity index (χ1n) is 5.52. The monoisotopic (exact) mass is 235 g/mol. The van der Waals surface area contributed by atoms with Crippen LogP contribution in [0.3, 0.4) is 0 Å². The summed E-state index contributed by atoms with van der Waals surface area (Å²) in [5.74, 6) is 0. The minimum absolute atomic E-state index is 0.116. The second-order valence-corrected chi connectivity index (χ2v) is 3.00. The lowest BCUT2D eigenvalue weighted by molar-refractivity contribution is -0.00100. The molecule has 16 heavy (non-hydrogen) atoms. The zero-order valence-electron chi connectivity index (χ0n) is 9.85. The fourth-order valence-corrected chi connectivity index (χ4v) is 0.906. The van der Waals surface area contributed by atoms with Gasteiger partial charge in [-0.3, -0.25) is 0 Å². The number of nitroso groups, excluding NO2 is 1. The molecule has 0 heterocycles. The average molecular weight is 235 g/mol. The largest absolute Gasteiger partial charge is 0.379 e. The van der Waals surface area contributed by atoms with Crippen molar-refractivity contribution in [3.05, 3.63) is 4.91 Å². The second-order valence-electron chi connectivity index (χ2n) is 3.00. The van der Waals surface area contributed by atoms with Gasteiger partial charge in [-0.25, -0.2) is 0 Å². The summed E-state index contributed by atoms with van der Waals surface area (Å²) in [5, 5.41) is 2.55. The van der Waals surface area contributed by atoms with Crippen LogP contribution >= 0.6 is 0 Å². The molecule has 0 aliphatic rings. The van der Waals surface area contributed by atoms with Crippen molar-refractivity contribution in [3.8, 4) is 0 Å². The first-order valence-corrected chi connectivity index (χ1v) is 5.52. The van der Waals surface area contributed by atoms with E-state index < -0.39 is 0 Å². The molecule has 0 saturated carbocycles. The van der Waals surface area contributed by atoms with Crippen LogP contribution in [0.1, 0.15) is 13.3 Å². The molecule has 0 fully saturated rings. The van der Waals surface area contributed by atoms with Crippen LogP contribution in [0.15, 0.2) is 5.18 Å². The second kappa shape index (κ2) is 14.4. The van der Waals surface area contributed by atoms with Gasteiger partial charge in [-0.2, -0.15) is 0 Å². The smallest absolute Gasteiger partial charge is 0.179 e. The van der Waals surface area contributed by atoms with Gasteiger partial charge in [0.15, 0.2) is 6.73 Å². The van der Waals surface area contributed by atoms with Gasteiger partial charge in [-0.05, 0) is 11.6 Å². The molecule has 0 aromatic carbocycles. The van der Waals surface area contributed by atoms with Crippen molar-refractivity contribution in [1.29, 1.82) is 0 Å². The van der Waals surface area contributed by atoms with Crippen LogP contribution in [0.2, 0.25) is 0 Å². The predicted molar refractivity (Wildman–Crippen MR) is 59.4 cm³/mol. The predicted octanol–water partition coefficient (Wildman–Crippen LogP) is 1.19. The highest BCUT2D eigenvalue weighted by molar-refractivity contribution is 4.34. The Morgan fingerprint density at radius 1 is 0.750 bits per heavy atom. The Bertz CT molecular complexity index is 145. The van der Waals surface area contributed by atoms with Gasteiger partial charge in [0.05, 0.1) is 39.6 Å². The van der Waals surface area contributed by atoms with Gasteiger partial charge < -0.3 is 18.9 Å². The summed E-state index contributed by atoms with van der Waals surface area (Å²) in [6.07, 6.45) is 1.03. The molecule has 0 aromatic heterocycles. The third-order valence-electron chi connectivity index (χ3n) is 1.61. The van der Waals surface area contributed by atoms with Gasteiger partial charge in [-0.1, -0.05) is 6.92 Å². The van der Waals surface area contributed by atoms with E-state index in [0.29, 0.717) is 39.6 Å². The number of hydrogen-bond donors (Lipinski definition) is 0. The van der Waals surface area contributed by atoms with E-state index in [1.165, 1.54) is 0 Å². The summed E-state index contributed by atoms with van der Waals surface area (Å²) < 4.78 is 20.4. The van der Waals surface area contributed by atoms with E-state index in [2.05, 4.69) is 12.1 Å². The lowest BCUT2D eigenvalue weighted by Gasteiger charge is -2.06. The lowest BCUT2D eigenvalue weighted by atomic mass is 10.5. The first kappa shape index (κ1) is 15.4. The minimum atomic E-state index is -0.116. The van der Waals surface area contributed by atoms with Gasteiger partial charge >= 0.3 is 0 Å². The summed E-state index contributed by atoms with van der Waals surface area (Å²) in [5.41, 5.74) is 0. The Balaban J connectivity index is 2.85. The van der Waals surface area contributed by atoms with Gasteiger partial charge in [0.1, 0.15) is 0 Å². The fourth-order valence-electron chi connectivity index (χ4n) is 0.906. The van der Waals surface area contributed by atoms with Crippen molar-refractivity contribution < 1.29 is 18.9 Å². The third kappa shape index (κ3) is 13.4. The van der Waals surface area contributed by atoms with Crippen LogP contribution in [-0.2, 0) is 18.9 Å². The Labute approximate surface area is 96.2 Å². The summed E-state index contributed by atoms with van der Waals surface area (Å²) in [6, 6.07) is 0. The van der Waals surface area contributed by atoms with E-state index in [9.17, 15) is 4.91 Å². The molecular formula is C10H21NO5. The van der Waals surface area contributed by atoms with Crippen LogP contribution in [0.5, 0.6) is 0 Å².